The topological polar surface area (TPSA) is 344 Å². The summed E-state index contributed by atoms with van der Waals surface area (Å²) in [4.78, 5) is 85.2. The van der Waals surface area contributed by atoms with E-state index in [-0.39, 0.29) is 60.9 Å². The van der Waals surface area contributed by atoms with Crippen LogP contribution in [0.15, 0.2) is 223 Å². The van der Waals surface area contributed by atoms with Crippen molar-refractivity contribution in [3.63, 3.8) is 0 Å². The van der Waals surface area contributed by atoms with Crippen LogP contribution in [0.2, 0.25) is 5.02 Å². The largest absolute Gasteiger partial charge is 0.508 e. The molecule has 24 heteroatoms. The Hall–Kier alpha value is -12.3. The van der Waals surface area contributed by atoms with E-state index < -0.39 is 0 Å². The lowest BCUT2D eigenvalue weighted by Gasteiger charge is -2.10. The minimum atomic E-state index is -0.327. The zero-order valence-corrected chi connectivity index (χ0v) is 59.9. The minimum absolute atomic E-state index is 0.114. The third-order valence-electron chi connectivity index (χ3n) is 15.7. The summed E-state index contributed by atoms with van der Waals surface area (Å²) < 4.78 is 13.9. The van der Waals surface area contributed by atoms with Gasteiger partial charge in [0.25, 0.3) is 0 Å². The van der Waals surface area contributed by atoms with E-state index in [9.17, 15) is 28.7 Å². The van der Waals surface area contributed by atoms with E-state index in [2.05, 4.69) is 77.1 Å². The Balaban J connectivity index is 0.000000161. The number of aryl methyl sites for hydroxylation is 4. The molecular weight excluding hydrogens is 1400 g/mol. The number of aromatic hydroxyl groups is 1. The zero-order chi connectivity index (χ0) is 74.1. The van der Waals surface area contributed by atoms with Crippen LogP contribution in [-0.2, 0) is 70.5 Å². The minimum Gasteiger partial charge on any atom is -0.508 e. The molecule has 4 heterocycles. The van der Waals surface area contributed by atoms with Crippen molar-refractivity contribution in [2.24, 2.45) is 0 Å². The monoisotopic (exact) mass is 1470 g/mol. The number of hydrogen-bond acceptors (Lipinski definition) is 17. The number of phenolic OH excluding ortho intramolecular Hbond substituents is 1. The third kappa shape index (κ3) is 22.8. The van der Waals surface area contributed by atoms with E-state index in [1.807, 2.05) is 149 Å². The van der Waals surface area contributed by atoms with Crippen LogP contribution >= 0.6 is 27.5 Å². The van der Waals surface area contributed by atoms with Gasteiger partial charge in [-0.05, 0) is 145 Å². The average Bonchev–Trinajstić information content (AvgIpc) is 0.844. The Morgan fingerprint density at radius 2 is 0.596 bits per heavy atom. The fourth-order valence-electron chi connectivity index (χ4n) is 10.2. The number of benzene rings is 8. The SMILES string of the molecule is CCc1nc(-c2ccc(N)cc2)cnc1NC(=O)Cc1ccc(Br)cc1.CCc1nc(-c2ccc(N)cc2)cnc1NC(=O)Cc1ccc(Cl)cc1.CCc1nc(-c2ccc(N)cc2)cnc1NC(=O)Cc1ccc(F)cc1.CCc1nc(-c2ccc(N)cc2)cnc1NC(=O)Cc1ccc(O)cc1. The highest BCUT2D eigenvalue weighted by Gasteiger charge is 2.17. The first kappa shape index (κ1) is 75.9. The second kappa shape index (κ2) is 37.4. The molecule has 21 nitrogen and oxygen atoms in total. The van der Waals surface area contributed by atoms with Crippen LogP contribution in [0.4, 0.5) is 50.4 Å². The molecule has 104 heavy (non-hydrogen) atoms. The number of nitrogens with zero attached hydrogens (tertiary/aromatic N) is 8. The number of amides is 4. The fraction of sp³-hybridized carbons (Fsp3) is 0.150. The van der Waals surface area contributed by atoms with Gasteiger partial charge in [-0.25, -0.2) is 44.3 Å². The predicted octanol–water partition coefficient (Wildman–Crippen LogP) is 15.1. The molecule has 12 rings (SSSR count). The maximum absolute atomic E-state index is 12.9. The van der Waals surface area contributed by atoms with Gasteiger partial charge in [0.1, 0.15) is 11.6 Å². The predicted molar refractivity (Wildman–Crippen MR) is 414 cm³/mol. The number of nitrogens with one attached hydrogen (secondary N) is 4. The van der Waals surface area contributed by atoms with Crippen LogP contribution in [0, 0.1) is 5.82 Å². The Morgan fingerprint density at radius 1 is 0.365 bits per heavy atom. The number of nitrogen functional groups attached to an aromatic ring is 4. The number of anilines is 8. The molecule has 0 saturated carbocycles. The highest BCUT2D eigenvalue weighted by molar-refractivity contribution is 9.10. The summed E-state index contributed by atoms with van der Waals surface area (Å²) in [5, 5.41) is 21.3. The van der Waals surface area contributed by atoms with Gasteiger partial charge in [0.05, 0.1) is 96.0 Å². The Bertz CT molecular complexity index is 4250. The van der Waals surface area contributed by atoms with Crippen LogP contribution in [0.1, 0.15) is 72.7 Å². The maximum Gasteiger partial charge on any atom is 0.229 e. The van der Waals surface area contributed by atoms with Crippen LogP contribution < -0.4 is 44.2 Å². The molecule has 8 aromatic carbocycles. The summed E-state index contributed by atoms with van der Waals surface area (Å²) in [6.07, 6.45) is 10.1. The number of hydrogen-bond donors (Lipinski definition) is 9. The second-order valence-corrected chi connectivity index (χ2v) is 24.9. The van der Waals surface area contributed by atoms with Crippen molar-refractivity contribution in [2.75, 3.05) is 44.2 Å². The molecule has 0 aliphatic heterocycles. The molecular formula is C80H77BrClFN16O5. The molecule has 0 unspecified atom stereocenters. The Morgan fingerprint density at radius 3 is 0.846 bits per heavy atom. The van der Waals surface area contributed by atoms with Crippen LogP contribution in [0.25, 0.3) is 45.0 Å². The molecule has 0 saturated heterocycles. The van der Waals surface area contributed by atoms with E-state index in [4.69, 9.17) is 34.5 Å². The quantitative estimate of drug-likeness (QED) is 0.0320. The molecule has 13 N–H and O–H groups in total. The van der Waals surface area contributed by atoms with Gasteiger partial charge in [-0.15, -0.1) is 0 Å². The van der Waals surface area contributed by atoms with Gasteiger partial charge in [0, 0.05) is 54.5 Å². The first-order chi connectivity index (χ1) is 50.2. The van der Waals surface area contributed by atoms with Gasteiger partial charge in [-0.1, -0.05) is 152 Å². The summed E-state index contributed by atoms with van der Waals surface area (Å²) >= 11 is 9.25. The van der Waals surface area contributed by atoms with Gasteiger partial charge in [-0.2, -0.15) is 0 Å². The lowest BCUT2D eigenvalue weighted by molar-refractivity contribution is -0.116. The number of phenols is 1. The first-order valence-electron chi connectivity index (χ1n) is 33.3. The van der Waals surface area contributed by atoms with Crippen molar-refractivity contribution in [2.45, 2.75) is 79.1 Å². The number of carbonyl (C=O) groups excluding carboxylic acids is 4. The summed E-state index contributed by atoms with van der Waals surface area (Å²) in [6, 6.07) is 57.0. The van der Waals surface area contributed by atoms with Gasteiger partial charge in [0.15, 0.2) is 23.3 Å². The summed E-state index contributed by atoms with van der Waals surface area (Å²) in [7, 11) is 0. The summed E-state index contributed by atoms with van der Waals surface area (Å²) in [6.45, 7) is 7.88. The molecule has 4 aromatic heterocycles. The van der Waals surface area contributed by atoms with Gasteiger partial charge in [0.2, 0.25) is 23.6 Å². The smallest absolute Gasteiger partial charge is 0.229 e. The van der Waals surface area contributed by atoms with Gasteiger partial charge < -0.3 is 49.3 Å². The van der Waals surface area contributed by atoms with Crippen LogP contribution in [0.3, 0.4) is 0 Å². The summed E-state index contributed by atoms with van der Waals surface area (Å²) in [5.41, 5.74) is 38.6. The molecule has 0 spiro atoms. The van der Waals surface area contributed by atoms with Crippen LogP contribution in [0.5, 0.6) is 5.75 Å². The molecule has 0 aliphatic carbocycles. The molecule has 0 atom stereocenters. The standard InChI is InChI=1S/C20H19BrN4O.C20H19ClN4O.C20H19FN4O.C20H20N4O2/c3*1-2-17-20(25-19(26)11-13-3-7-15(21)8-4-13)23-12-18(24-17)14-5-9-16(22)10-6-14;1-2-17-20(24-19(26)11-13-3-9-16(25)10-4-13)22-12-18(23-17)14-5-7-15(21)8-6-14/h3*3-10,12H,2,11,22H2,1H3,(H,23,25,26);3-10,12,25H,2,11,21H2,1H3,(H,22,24,26). The van der Waals surface area contributed by atoms with Crippen molar-refractivity contribution < 1.29 is 28.7 Å². The molecule has 0 bridgehead atoms. The maximum atomic E-state index is 12.9. The molecule has 12 aromatic rings. The number of nitrogens with two attached hydrogens (primary N) is 4. The van der Waals surface area contributed by atoms with E-state index in [1.54, 1.807) is 85.5 Å². The van der Waals surface area contributed by atoms with Crippen molar-refractivity contribution in [3.05, 3.63) is 279 Å². The Labute approximate surface area is 615 Å². The third-order valence-corrected chi connectivity index (χ3v) is 16.5. The number of halogens is 3. The molecule has 0 fully saturated rings. The molecule has 4 amide bonds. The summed E-state index contributed by atoms with van der Waals surface area (Å²) in [5.74, 6) is 1.10. The second-order valence-electron chi connectivity index (χ2n) is 23.6. The van der Waals surface area contributed by atoms with E-state index in [0.717, 1.165) is 88.8 Å². The number of rotatable bonds is 20. The zero-order valence-electron chi connectivity index (χ0n) is 57.5. The fourth-order valence-corrected chi connectivity index (χ4v) is 10.5. The van der Waals surface area contributed by atoms with Crippen LogP contribution in [-0.4, -0.2) is 68.6 Å². The van der Waals surface area contributed by atoms with Gasteiger partial charge in [-0.3, -0.25) is 19.2 Å². The highest BCUT2D eigenvalue weighted by atomic mass is 79.9. The van der Waals surface area contributed by atoms with Gasteiger partial charge >= 0.3 is 0 Å². The lowest BCUT2D eigenvalue weighted by atomic mass is 10.1. The van der Waals surface area contributed by atoms with E-state index in [1.165, 1.54) is 12.1 Å². The van der Waals surface area contributed by atoms with Crippen molar-refractivity contribution in [1.29, 1.82) is 0 Å². The Kier molecular flexibility index (Phi) is 27.3. The highest BCUT2D eigenvalue weighted by Crippen LogP contribution is 2.27. The lowest BCUT2D eigenvalue weighted by Crippen LogP contribution is -2.17. The first-order valence-corrected chi connectivity index (χ1v) is 34.4. The molecule has 528 valence electrons. The van der Waals surface area contributed by atoms with Crippen molar-refractivity contribution in [1.82, 2.24) is 39.9 Å². The molecule has 0 radical (unpaired) electrons. The number of aromatic nitrogens is 8. The average molecular weight is 1480 g/mol. The molecule has 0 aliphatic rings. The van der Waals surface area contributed by atoms with E-state index >= 15 is 0 Å². The number of carbonyl (C=O) groups is 4. The van der Waals surface area contributed by atoms with Crippen molar-refractivity contribution in [3.8, 4) is 50.8 Å². The van der Waals surface area contributed by atoms with Crippen molar-refractivity contribution >= 4 is 97.2 Å². The van der Waals surface area contributed by atoms with E-state index in [0.29, 0.717) is 82.4 Å². The normalized spacial score (nSPS) is 10.5.